The Labute approximate surface area is 380 Å². The van der Waals surface area contributed by atoms with Crippen LogP contribution in [0, 0.1) is 0 Å². The molecule has 9 aromatic carbocycles. The van der Waals surface area contributed by atoms with Gasteiger partial charge in [-0.15, -0.1) is 0 Å². The molecule has 3 aromatic heterocycles. The van der Waals surface area contributed by atoms with Crippen LogP contribution < -0.4 is 0 Å². The maximum absolute atomic E-state index is 9.34. The highest BCUT2D eigenvalue weighted by Crippen LogP contribution is 2.47. The lowest BCUT2D eigenvalue weighted by Gasteiger charge is -2.16. The molecule has 63 heavy (non-hydrogen) atoms. The molecule has 13 rings (SSSR count). The molecule has 5 heteroatoms. The van der Waals surface area contributed by atoms with Gasteiger partial charge in [0.2, 0.25) is 0 Å². The number of aromatic nitrogens is 4. The van der Waals surface area contributed by atoms with Gasteiger partial charge in [-0.05, 0) is 81.7 Å². The van der Waals surface area contributed by atoms with E-state index in [1.807, 2.05) is 103 Å². The Hall–Kier alpha value is -8.41. The van der Waals surface area contributed by atoms with Gasteiger partial charge in [-0.3, -0.25) is 0 Å². The summed E-state index contributed by atoms with van der Waals surface area (Å²) in [5.41, 5.74) is 7.66. The highest BCUT2D eigenvalue weighted by atomic mass is 16.3. The van der Waals surface area contributed by atoms with Gasteiger partial charge in [0.25, 0.3) is 0 Å². The van der Waals surface area contributed by atoms with Crippen LogP contribution >= 0.6 is 0 Å². The molecule has 0 radical (unpaired) electrons. The van der Waals surface area contributed by atoms with Crippen LogP contribution in [0.1, 0.15) is 27.6 Å². The number of rotatable bonds is 6. The van der Waals surface area contributed by atoms with Crippen molar-refractivity contribution < 1.29 is 20.9 Å². The fourth-order valence-electron chi connectivity index (χ4n) is 9.01. The van der Waals surface area contributed by atoms with Crippen molar-refractivity contribution in [2.24, 2.45) is 0 Å². The first-order valence-corrected chi connectivity index (χ1v) is 20.4. The predicted octanol–water partition coefficient (Wildman–Crippen LogP) is 14.8. The molecular formula is C58H36N4O. The van der Waals surface area contributed by atoms with Crippen LogP contribution in [0.15, 0.2) is 210 Å². The summed E-state index contributed by atoms with van der Waals surface area (Å²) in [5.74, 6) is 0.615. The first-order chi connectivity index (χ1) is 36.2. The second kappa shape index (κ2) is 14.1. The van der Waals surface area contributed by atoms with Gasteiger partial charge in [-0.1, -0.05) is 170 Å². The summed E-state index contributed by atoms with van der Waals surface area (Å²) in [7, 11) is 0. The minimum absolute atomic E-state index is 0.0643. The molecule has 0 unspecified atom stereocenters. The molecule has 0 saturated carbocycles. The quantitative estimate of drug-likeness (QED) is 0.168. The second-order valence-electron chi connectivity index (χ2n) is 15.4. The zero-order valence-electron chi connectivity index (χ0n) is 45.1. The Bertz CT molecular complexity index is 4390. The Morgan fingerprint density at radius 1 is 0.429 bits per heavy atom. The number of nitrogens with zero attached hydrogens (tertiary/aromatic N) is 4. The van der Waals surface area contributed by atoms with Crippen molar-refractivity contribution in [1.29, 1.82) is 0 Å². The van der Waals surface area contributed by atoms with E-state index in [9.17, 15) is 6.85 Å². The first-order valence-electron chi connectivity index (χ1n) is 26.4. The lowest BCUT2D eigenvalue weighted by Crippen LogP contribution is -2.02. The maximum atomic E-state index is 9.34. The van der Waals surface area contributed by atoms with Crippen LogP contribution in [0.3, 0.4) is 0 Å². The van der Waals surface area contributed by atoms with Gasteiger partial charge in [0, 0.05) is 43.8 Å². The van der Waals surface area contributed by atoms with Gasteiger partial charge in [0.05, 0.1) is 33.2 Å². The number of furan rings is 1. The van der Waals surface area contributed by atoms with Gasteiger partial charge >= 0.3 is 0 Å². The monoisotopic (exact) mass is 816 g/mol. The Balaban J connectivity index is 1.09. The minimum atomic E-state index is -0.612. The Kier molecular flexibility index (Phi) is 5.67. The van der Waals surface area contributed by atoms with E-state index >= 15 is 0 Å². The Morgan fingerprint density at radius 3 is 1.78 bits per heavy atom. The smallest absolute Gasteiger partial charge is 0.164 e. The number of hydrogen-bond donors (Lipinski definition) is 0. The maximum Gasteiger partial charge on any atom is 0.164 e. The van der Waals surface area contributed by atoms with E-state index in [4.69, 9.17) is 29.0 Å². The largest absolute Gasteiger partial charge is 0.456 e. The van der Waals surface area contributed by atoms with E-state index in [0.717, 1.165) is 33.0 Å². The predicted molar refractivity (Wildman–Crippen MR) is 257 cm³/mol. The van der Waals surface area contributed by atoms with E-state index in [0.29, 0.717) is 33.4 Å². The number of benzene rings is 9. The summed E-state index contributed by atoms with van der Waals surface area (Å²) in [6, 6.07) is 36.9. The number of hydrogen-bond acceptors (Lipinski definition) is 4. The van der Waals surface area contributed by atoms with Gasteiger partial charge in [0.1, 0.15) is 11.2 Å². The molecule has 3 heterocycles. The van der Waals surface area contributed by atoms with Crippen molar-refractivity contribution in [2.75, 3.05) is 0 Å². The Morgan fingerprint density at radius 2 is 1.03 bits per heavy atom. The zero-order valence-corrected chi connectivity index (χ0v) is 33.1. The normalized spacial score (nSPS) is 14.7. The third kappa shape index (κ3) is 5.67. The third-order valence-corrected chi connectivity index (χ3v) is 11.8. The van der Waals surface area contributed by atoms with E-state index in [-0.39, 0.29) is 92.2 Å². The lowest BCUT2D eigenvalue weighted by molar-refractivity contribution is 0.669. The highest BCUT2D eigenvalue weighted by Gasteiger charge is 2.28. The highest BCUT2D eigenvalue weighted by molar-refractivity contribution is 6.13. The van der Waals surface area contributed by atoms with Crippen molar-refractivity contribution in [2.45, 2.75) is 6.42 Å². The van der Waals surface area contributed by atoms with Crippen LogP contribution in [-0.2, 0) is 6.42 Å². The van der Waals surface area contributed by atoms with Crippen molar-refractivity contribution >= 4 is 43.7 Å². The van der Waals surface area contributed by atoms with Crippen molar-refractivity contribution in [1.82, 2.24) is 19.5 Å². The molecule has 12 aromatic rings. The lowest BCUT2D eigenvalue weighted by atomic mass is 9.97. The minimum Gasteiger partial charge on any atom is -0.456 e. The summed E-state index contributed by atoms with van der Waals surface area (Å²) in [6.07, 6.45) is -0.0890. The van der Waals surface area contributed by atoms with Crippen LogP contribution in [-0.4, -0.2) is 19.5 Å². The fourth-order valence-corrected chi connectivity index (χ4v) is 9.01. The molecule has 0 spiro atoms. The van der Waals surface area contributed by atoms with E-state index in [2.05, 4.69) is 18.2 Å². The molecule has 294 valence electrons. The SMILES string of the molecule is [2H]c1cc(-c2nc(-c3ccc(-c4ccccc4)cc3)nc(-c3ccc4c(c3)oc3cccc(-c5ccccc5)c34)n2)c2c(c1[2H])Cc1c([2H])c([2H])cc(-n3c4c([2H])c([2H])c([2H])c([2H])c4c4c([2H])c([2H])c([2H])c([2H])c43)c1-2. The van der Waals surface area contributed by atoms with Crippen molar-refractivity contribution in [3.05, 3.63) is 217 Å². The third-order valence-electron chi connectivity index (χ3n) is 11.8. The molecule has 0 aliphatic heterocycles. The van der Waals surface area contributed by atoms with Crippen LogP contribution in [0.4, 0.5) is 0 Å². The first kappa shape index (κ1) is 25.4. The summed E-state index contributed by atoms with van der Waals surface area (Å²) in [6.45, 7) is 0. The number of fused-ring (bicyclic) bond motifs is 9. The average Bonchev–Trinajstić information content (AvgIpc) is 4.14. The molecule has 1 aliphatic rings. The standard InChI is InChI=1S/C58H36N4O/c1-3-14-36(15-4-1)37-28-30-39(31-29-37)56-59-57(42-32-33-46-52(35-42)63-51-27-13-22-43(55(46)51)38-16-5-2-6-17-38)61-58(60-56)47-23-11-18-40-34-41-19-12-26-50(54(41)53(40)47)62-48-24-9-7-20-44(48)45-21-8-10-25-49(45)62/h1-33,35H,34H2/i7D,8D,9D,10D,11D,12D,18D,19D,20D,21D,24D,25D. The topological polar surface area (TPSA) is 56.7 Å². The molecule has 0 N–H and O–H groups in total. The number of para-hydroxylation sites is 2. The second-order valence-corrected chi connectivity index (χ2v) is 15.4. The van der Waals surface area contributed by atoms with Crippen molar-refractivity contribution in [3.8, 4) is 73.2 Å². The zero-order chi connectivity index (χ0) is 51.9. The van der Waals surface area contributed by atoms with Gasteiger partial charge in [-0.25, -0.2) is 15.0 Å². The molecular weight excluding hydrogens is 769 g/mol. The van der Waals surface area contributed by atoms with Crippen LogP contribution in [0.25, 0.3) is 117 Å². The van der Waals surface area contributed by atoms with Crippen LogP contribution in [0.5, 0.6) is 0 Å². The molecule has 0 atom stereocenters. The molecule has 0 amide bonds. The molecule has 5 nitrogen and oxygen atoms in total. The summed E-state index contributed by atoms with van der Waals surface area (Å²) >= 11 is 0. The van der Waals surface area contributed by atoms with E-state index in [1.54, 1.807) is 0 Å². The fraction of sp³-hybridized carbons (Fsp3) is 0.0172. The van der Waals surface area contributed by atoms with Gasteiger partial charge in [0.15, 0.2) is 17.5 Å². The average molecular weight is 817 g/mol. The summed E-state index contributed by atoms with van der Waals surface area (Å²) in [5, 5.41) is 1.53. The van der Waals surface area contributed by atoms with Crippen molar-refractivity contribution in [3.63, 3.8) is 0 Å². The molecule has 0 saturated heterocycles. The summed E-state index contributed by atoms with van der Waals surface area (Å²) < 4.78 is 116. The van der Waals surface area contributed by atoms with E-state index < -0.39 is 48.3 Å². The molecule has 0 fully saturated rings. The molecule has 1 aliphatic carbocycles. The summed E-state index contributed by atoms with van der Waals surface area (Å²) in [4.78, 5) is 15.3. The van der Waals surface area contributed by atoms with Gasteiger partial charge < -0.3 is 8.98 Å². The molecule has 0 bridgehead atoms. The van der Waals surface area contributed by atoms with Gasteiger partial charge in [-0.2, -0.15) is 0 Å². The van der Waals surface area contributed by atoms with Crippen LogP contribution in [0.2, 0.25) is 0 Å². The van der Waals surface area contributed by atoms with E-state index in [1.165, 1.54) is 16.7 Å².